The van der Waals surface area contributed by atoms with E-state index < -0.39 is 0 Å². The Bertz CT molecular complexity index is 280. The van der Waals surface area contributed by atoms with Gasteiger partial charge in [-0.25, -0.2) is 5.48 Å². The van der Waals surface area contributed by atoms with Gasteiger partial charge >= 0.3 is 0 Å². The van der Waals surface area contributed by atoms with Crippen LogP contribution in [0.4, 0.5) is 0 Å². The van der Waals surface area contributed by atoms with Gasteiger partial charge in [0, 0.05) is 6.54 Å². The molecule has 1 rings (SSSR count). The summed E-state index contributed by atoms with van der Waals surface area (Å²) >= 11 is 0. The number of nitrogens with two attached hydrogens (primary N) is 1. The van der Waals surface area contributed by atoms with Crippen molar-refractivity contribution in [2.75, 3.05) is 26.2 Å². The molecule has 4 heteroatoms. The van der Waals surface area contributed by atoms with E-state index in [0.717, 1.165) is 45.4 Å². The Morgan fingerprint density at radius 2 is 1.67 bits per heavy atom. The highest BCUT2D eigenvalue weighted by Gasteiger charge is 1.92. The SMILES string of the molecule is NCCCNCCCCNOCc1ccccc1. The summed E-state index contributed by atoms with van der Waals surface area (Å²) in [4.78, 5) is 5.38. The third-order valence-electron chi connectivity index (χ3n) is 2.62. The zero-order valence-electron chi connectivity index (χ0n) is 11.0. The highest BCUT2D eigenvalue weighted by molar-refractivity contribution is 5.13. The number of unbranched alkanes of at least 4 members (excludes halogenated alkanes) is 1. The van der Waals surface area contributed by atoms with Crippen LogP contribution < -0.4 is 16.5 Å². The van der Waals surface area contributed by atoms with Crippen LogP contribution in [0.1, 0.15) is 24.8 Å². The van der Waals surface area contributed by atoms with Gasteiger partial charge in [-0.3, -0.25) is 4.84 Å². The Hall–Kier alpha value is -0.940. The highest BCUT2D eigenvalue weighted by atomic mass is 16.6. The van der Waals surface area contributed by atoms with E-state index in [4.69, 9.17) is 10.6 Å². The maximum Gasteiger partial charge on any atom is 0.0933 e. The molecule has 0 aliphatic carbocycles. The third kappa shape index (κ3) is 8.20. The normalized spacial score (nSPS) is 10.7. The van der Waals surface area contributed by atoms with Crippen molar-refractivity contribution in [2.24, 2.45) is 5.73 Å². The summed E-state index contributed by atoms with van der Waals surface area (Å²) in [6.07, 6.45) is 3.33. The van der Waals surface area contributed by atoms with Gasteiger partial charge in [-0.05, 0) is 44.5 Å². The molecule has 4 nitrogen and oxygen atoms in total. The van der Waals surface area contributed by atoms with E-state index >= 15 is 0 Å². The monoisotopic (exact) mass is 251 g/mol. The lowest BCUT2D eigenvalue weighted by Crippen LogP contribution is -2.21. The van der Waals surface area contributed by atoms with Gasteiger partial charge in [-0.2, -0.15) is 0 Å². The van der Waals surface area contributed by atoms with E-state index in [9.17, 15) is 0 Å². The van der Waals surface area contributed by atoms with Crippen LogP contribution in [0, 0.1) is 0 Å². The maximum absolute atomic E-state index is 5.41. The molecule has 0 saturated carbocycles. The van der Waals surface area contributed by atoms with Gasteiger partial charge < -0.3 is 11.1 Å². The summed E-state index contributed by atoms with van der Waals surface area (Å²) in [5.74, 6) is 0. The van der Waals surface area contributed by atoms with Crippen LogP contribution in [0.25, 0.3) is 0 Å². The molecule has 0 amide bonds. The molecule has 18 heavy (non-hydrogen) atoms. The summed E-state index contributed by atoms with van der Waals surface area (Å²) in [6.45, 7) is 4.36. The van der Waals surface area contributed by atoms with Crippen LogP contribution in [-0.4, -0.2) is 26.2 Å². The second-order valence-electron chi connectivity index (χ2n) is 4.27. The molecule has 0 spiro atoms. The van der Waals surface area contributed by atoms with E-state index in [-0.39, 0.29) is 0 Å². The molecule has 1 aromatic rings. The number of hydroxylamine groups is 1. The molecular weight excluding hydrogens is 226 g/mol. The van der Waals surface area contributed by atoms with Crippen molar-refractivity contribution in [3.05, 3.63) is 35.9 Å². The van der Waals surface area contributed by atoms with E-state index in [1.54, 1.807) is 0 Å². The lowest BCUT2D eigenvalue weighted by Gasteiger charge is -2.06. The van der Waals surface area contributed by atoms with Crippen LogP contribution in [0.3, 0.4) is 0 Å². The fraction of sp³-hybridized carbons (Fsp3) is 0.571. The van der Waals surface area contributed by atoms with E-state index in [2.05, 4.69) is 22.9 Å². The number of hydrogen-bond donors (Lipinski definition) is 3. The number of hydrogen-bond acceptors (Lipinski definition) is 4. The first-order valence-corrected chi connectivity index (χ1v) is 6.73. The van der Waals surface area contributed by atoms with Crippen LogP contribution >= 0.6 is 0 Å². The molecule has 0 fully saturated rings. The average Bonchev–Trinajstić information content (AvgIpc) is 2.42. The highest BCUT2D eigenvalue weighted by Crippen LogP contribution is 1.98. The zero-order chi connectivity index (χ0) is 12.9. The van der Waals surface area contributed by atoms with Gasteiger partial charge in [0.05, 0.1) is 6.61 Å². The first-order valence-electron chi connectivity index (χ1n) is 6.73. The number of benzene rings is 1. The summed E-state index contributed by atoms with van der Waals surface area (Å²) in [5.41, 5.74) is 9.58. The molecule has 0 aliphatic rings. The number of nitrogens with one attached hydrogen (secondary N) is 2. The lowest BCUT2D eigenvalue weighted by atomic mass is 10.2. The minimum atomic E-state index is 0.621. The van der Waals surface area contributed by atoms with E-state index in [1.807, 2.05) is 18.2 Å². The van der Waals surface area contributed by atoms with Gasteiger partial charge in [-0.1, -0.05) is 30.3 Å². The quantitative estimate of drug-likeness (QED) is 0.411. The van der Waals surface area contributed by atoms with Crippen LogP contribution in [0.2, 0.25) is 0 Å². The summed E-state index contributed by atoms with van der Waals surface area (Å²) in [5, 5.41) is 3.35. The van der Waals surface area contributed by atoms with Gasteiger partial charge in [-0.15, -0.1) is 0 Å². The summed E-state index contributed by atoms with van der Waals surface area (Å²) < 4.78 is 0. The largest absolute Gasteiger partial charge is 0.330 e. The van der Waals surface area contributed by atoms with E-state index in [0.29, 0.717) is 6.61 Å². The van der Waals surface area contributed by atoms with Crippen molar-refractivity contribution >= 4 is 0 Å². The minimum absolute atomic E-state index is 0.621. The molecule has 0 heterocycles. The topological polar surface area (TPSA) is 59.3 Å². The second-order valence-corrected chi connectivity index (χ2v) is 4.27. The minimum Gasteiger partial charge on any atom is -0.330 e. The standard InChI is InChI=1S/C14H25N3O/c15-9-6-11-16-10-4-5-12-17-18-13-14-7-2-1-3-8-14/h1-3,7-8,16-17H,4-6,9-13,15H2. The van der Waals surface area contributed by atoms with Crippen LogP contribution in [0.5, 0.6) is 0 Å². The van der Waals surface area contributed by atoms with E-state index in [1.165, 1.54) is 5.56 Å². The average molecular weight is 251 g/mol. The Balaban J connectivity index is 1.82. The van der Waals surface area contributed by atoms with Crippen LogP contribution in [0.15, 0.2) is 30.3 Å². The van der Waals surface area contributed by atoms with Crippen molar-refractivity contribution < 1.29 is 4.84 Å². The second kappa shape index (κ2) is 11.2. The zero-order valence-corrected chi connectivity index (χ0v) is 11.0. The van der Waals surface area contributed by atoms with Crippen molar-refractivity contribution in [3.8, 4) is 0 Å². The predicted molar refractivity (Wildman–Crippen MR) is 75.0 cm³/mol. The Labute approximate surface area is 110 Å². The number of rotatable bonds is 11. The Morgan fingerprint density at radius 1 is 0.944 bits per heavy atom. The maximum atomic E-state index is 5.41. The van der Waals surface area contributed by atoms with Gasteiger partial charge in [0.2, 0.25) is 0 Å². The smallest absolute Gasteiger partial charge is 0.0933 e. The van der Waals surface area contributed by atoms with Crippen molar-refractivity contribution in [1.82, 2.24) is 10.8 Å². The molecule has 0 aromatic heterocycles. The Morgan fingerprint density at radius 3 is 2.44 bits per heavy atom. The van der Waals surface area contributed by atoms with Crippen LogP contribution in [-0.2, 0) is 11.4 Å². The Kier molecular flexibility index (Phi) is 9.38. The molecule has 0 aliphatic heterocycles. The van der Waals surface area contributed by atoms with Crippen molar-refractivity contribution in [1.29, 1.82) is 0 Å². The lowest BCUT2D eigenvalue weighted by molar-refractivity contribution is 0.0273. The molecule has 0 bridgehead atoms. The fourth-order valence-electron chi connectivity index (χ4n) is 1.58. The van der Waals surface area contributed by atoms with Gasteiger partial charge in [0.15, 0.2) is 0 Å². The molecular formula is C14H25N3O. The molecule has 4 N–H and O–H groups in total. The predicted octanol–water partition coefficient (Wildman–Crippen LogP) is 1.43. The molecule has 1 aromatic carbocycles. The first-order chi connectivity index (χ1) is 8.93. The molecule has 0 saturated heterocycles. The first kappa shape index (κ1) is 15.1. The molecule has 0 radical (unpaired) electrons. The van der Waals surface area contributed by atoms with Crippen molar-refractivity contribution in [3.63, 3.8) is 0 Å². The van der Waals surface area contributed by atoms with Crippen molar-refractivity contribution in [2.45, 2.75) is 25.9 Å². The third-order valence-corrected chi connectivity index (χ3v) is 2.62. The summed E-state index contributed by atoms with van der Waals surface area (Å²) in [6, 6.07) is 10.2. The summed E-state index contributed by atoms with van der Waals surface area (Å²) in [7, 11) is 0. The molecule has 0 atom stereocenters. The molecule has 0 unspecified atom stereocenters. The van der Waals surface area contributed by atoms with Gasteiger partial charge in [0.25, 0.3) is 0 Å². The van der Waals surface area contributed by atoms with Gasteiger partial charge in [0.1, 0.15) is 0 Å². The fourth-order valence-corrected chi connectivity index (χ4v) is 1.58. The molecule has 102 valence electrons.